The average Bonchev–Trinajstić information content (AvgIpc) is 2.54. The molecule has 0 bridgehead atoms. The summed E-state index contributed by atoms with van der Waals surface area (Å²) >= 11 is 0. The van der Waals surface area contributed by atoms with Gasteiger partial charge in [-0.3, -0.25) is 4.79 Å². The minimum atomic E-state index is -3.23. The van der Waals surface area contributed by atoms with Crippen LogP contribution in [-0.2, 0) is 10.0 Å². The molecule has 1 amide bonds. The highest BCUT2D eigenvalue weighted by Crippen LogP contribution is 2.26. The Hall–Kier alpha value is -1.60. The van der Waals surface area contributed by atoms with E-state index in [9.17, 15) is 18.3 Å². The summed E-state index contributed by atoms with van der Waals surface area (Å²) < 4.78 is 26.4. The molecule has 1 heterocycles. The summed E-state index contributed by atoms with van der Waals surface area (Å²) in [5, 5.41) is 10.2. The van der Waals surface area contributed by atoms with Crippen molar-refractivity contribution in [3.8, 4) is 5.75 Å². The Bertz CT molecular complexity index is 708. The average molecular weight is 368 g/mol. The van der Waals surface area contributed by atoms with Gasteiger partial charge in [0.25, 0.3) is 5.91 Å². The van der Waals surface area contributed by atoms with Crippen molar-refractivity contribution in [2.75, 3.05) is 18.8 Å². The molecule has 0 unspecified atom stereocenters. The summed E-state index contributed by atoms with van der Waals surface area (Å²) in [4.78, 5) is 14.3. The van der Waals surface area contributed by atoms with E-state index in [4.69, 9.17) is 0 Å². The van der Waals surface area contributed by atoms with Gasteiger partial charge in [0.2, 0.25) is 10.0 Å². The van der Waals surface area contributed by atoms with Gasteiger partial charge in [0, 0.05) is 19.1 Å². The van der Waals surface area contributed by atoms with Gasteiger partial charge in [-0.15, -0.1) is 0 Å². The normalized spacial score (nSPS) is 16.4. The molecule has 0 aliphatic carbocycles. The number of benzene rings is 1. The fraction of sp³-hybridized carbons (Fsp3) is 0.611. The van der Waals surface area contributed by atoms with E-state index in [0.717, 1.165) is 5.56 Å². The summed E-state index contributed by atoms with van der Waals surface area (Å²) in [6.07, 6.45) is 1.75. The van der Waals surface area contributed by atoms with Crippen LogP contribution in [0.25, 0.3) is 0 Å². The van der Waals surface area contributed by atoms with Gasteiger partial charge in [0.15, 0.2) is 0 Å². The molecule has 2 rings (SSSR count). The number of hydrogen-bond donors (Lipinski definition) is 2. The predicted molar refractivity (Wildman–Crippen MR) is 98.3 cm³/mol. The van der Waals surface area contributed by atoms with Crippen molar-refractivity contribution in [2.45, 2.75) is 52.0 Å². The molecule has 1 aliphatic rings. The van der Waals surface area contributed by atoms with Crippen molar-refractivity contribution in [3.63, 3.8) is 0 Å². The lowest BCUT2D eigenvalue weighted by Crippen LogP contribution is -2.47. The summed E-state index contributed by atoms with van der Waals surface area (Å²) in [5.74, 6) is 0.203. The van der Waals surface area contributed by atoms with Gasteiger partial charge in [-0.05, 0) is 42.9 Å². The molecule has 7 heteroatoms. The van der Waals surface area contributed by atoms with Crippen molar-refractivity contribution in [1.82, 2.24) is 9.62 Å². The number of carbonyl (C=O) groups is 1. The lowest BCUT2D eigenvalue weighted by Gasteiger charge is -2.32. The lowest BCUT2D eigenvalue weighted by molar-refractivity contribution is 0.0708. The zero-order chi connectivity index (χ0) is 18.6. The zero-order valence-corrected chi connectivity index (χ0v) is 16.0. The third-order valence-corrected chi connectivity index (χ3v) is 6.16. The maximum atomic E-state index is 12.6. The first-order chi connectivity index (χ1) is 11.7. The van der Waals surface area contributed by atoms with Crippen molar-refractivity contribution in [3.05, 3.63) is 29.3 Å². The fourth-order valence-corrected chi connectivity index (χ4v) is 4.44. The minimum absolute atomic E-state index is 0.00183. The van der Waals surface area contributed by atoms with Crippen LogP contribution in [0.4, 0.5) is 0 Å². The van der Waals surface area contributed by atoms with Gasteiger partial charge in [-0.25, -0.2) is 13.1 Å². The van der Waals surface area contributed by atoms with Crippen LogP contribution in [0.5, 0.6) is 5.75 Å². The predicted octanol–water partition coefficient (Wildman–Crippen LogP) is 2.45. The van der Waals surface area contributed by atoms with Crippen LogP contribution >= 0.6 is 0 Å². The maximum absolute atomic E-state index is 12.6. The summed E-state index contributed by atoms with van der Waals surface area (Å²) in [6, 6.07) is 5.05. The van der Waals surface area contributed by atoms with Crippen LogP contribution in [0, 0.1) is 0 Å². The van der Waals surface area contributed by atoms with Gasteiger partial charge < -0.3 is 10.0 Å². The minimum Gasteiger partial charge on any atom is -0.507 e. The number of phenolic OH excluding ortho intramolecular Hbond substituents is 1. The number of likely N-dealkylation sites (tertiary alicyclic amines) is 1. The monoisotopic (exact) mass is 368 g/mol. The van der Waals surface area contributed by atoms with E-state index >= 15 is 0 Å². The van der Waals surface area contributed by atoms with Crippen molar-refractivity contribution >= 4 is 15.9 Å². The molecule has 25 heavy (non-hydrogen) atoms. The Morgan fingerprint density at radius 3 is 2.48 bits per heavy atom. The van der Waals surface area contributed by atoms with Crippen molar-refractivity contribution < 1.29 is 18.3 Å². The first-order valence-electron chi connectivity index (χ1n) is 8.85. The zero-order valence-electron chi connectivity index (χ0n) is 15.2. The first kappa shape index (κ1) is 19.7. The van der Waals surface area contributed by atoms with Gasteiger partial charge >= 0.3 is 0 Å². The summed E-state index contributed by atoms with van der Waals surface area (Å²) in [7, 11) is -3.23. The van der Waals surface area contributed by atoms with Crippen LogP contribution in [-0.4, -0.2) is 49.2 Å². The number of piperidine rings is 1. The number of nitrogens with zero attached hydrogens (tertiary/aromatic N) is 1. The lowest BCUT2D eigenvalue weighted by atomic mass is 9.99. The van der Waals surface area contributed by atoms with Gasteiger partial charge in [-0.1, -0.05) is 26.8 Å². The van der Waals surface area contributed by atoms with Gasteiger partial charge in [-0.2, -0.15) is 0 Å². The van der Waals surface area contributed by atoms with E-state index in [1.807, 2.05) is 26.8 Å². The SMILES string of the molecule is CCCS(=O)(=O)NC1CCN(C(=O)c2ccc(C(C)C)cc2O)CC1. The highest BCUT2D eigenvalue weighted by Gasteiger charge is 2.27. The van der Waals surface area contributed by atoms with E-state index < -0.39 is 10.0 Å². The fourth-order valence-electron chi connectivity index (χ4n) is 3.04. The molecule has 1 fully saturated rings. The largest absolute Gasteiger partial charge is 0.507 e. The van der Waals surface area contributed by atoms with E-state index in [2.05, 4.69) is 4.72 Å². The Morgan fingerprint density at radius 1 is 1.32 bits per heavy atom. The number of aromatic hydroxyl groups is 1. The molecule has 1 aromatic carbocycles. The number of rotatable bonds is 6. The molecular formula is C18H28N2O4S. The molecule has 0 aromatic heterocycles. The highest BCUT2D eigenvalue weighted by atomic mass is 32.2. The number of phenols is 1. The van der Waals surface area contributed by atoms with E-state index in [0.29, 0.717) is 37.9 Å². The molecule has 0 saturated carbocycles. The summed E-state index contributed by atoms with van der Waals surface area (Å²) in [5.41, 5.74) is 1.28. The molecule has 2 N–H and O–H groups in total. The van der Waals surface area contributed by atoms with Crippen LogP contribution in [0.15, 0.2) is 18.2 Å². The molecule has 0 radical (unpaired) electrons. The number of amides is 1. The highest BCUT2D eigenvalue weighted by molar-refractivity contribution is 7.89. The van der Waals surface area contributed by atoms with Gasteiger partial charge in [0.05, 0.1) is 11.3 Å². The number of sulfonamides is 1. The Kier molecular flexibility index (Phi) is 6.46. The smallest absolute Gasteiger partial charge is 0.257 e. The topological polar surface area (TPSA) is 86.7 Å². The Labute approximate surface area is 150 Å². The molecule has 1 aliphatic heterocycles. The molecule has 0 atom stereocenters. The van der Waals surface area contributed by atoms with Crippen LogP contribution in [0.1, 0.15) is 61.9 Å². The first-order valence-corrected chi connectivity index (χ1v) is 10.5. The molecule has 6 nitrogen and oxygen atoms in total. The third-order valence-electron chi connectivity index (χ3n) is 4.52. The number of nitrogens with one attached hydrogen (secondary N) is 1. The Morgan fingerprint density at radius 2 is 1.96 bits per heavy atom. The quantitative estimate of drug-likeness (QED) is 0.807. The van der Waals surface area contributed by atoms with Crippen LogP contribution in [0.2, 0.25) is 0 Å². The Balaban J connectivity index is 1.98. The van der Waals surface area contributed by atoms with Crippen molar-refractivity contribution in [1.29, 1.82) is 0 Å². The third kappa shape index (κ3) is 5.19. The van der Waals surface area contributed by atoms with Gasteiger partial charge in [0.1, 0.15) is 5.75 Å². The second-order valence-electron chi connectivity index (χ2n) is 6.93. The number of hydrogen-bond acceptors (Lipinski definition) is 4. The molecule has 0 spiro atoms. The van der Waals surface area contributed by atoms with E-state index in [1.54, 1.807) is 17.0 Å². The molecule has 1 aromatic rings. The molecule has 140 valence electrons. The standard InChI is InChI=1S/C18H28N2O4S/c1-4-11-25(23,24)19-15-7-9-20(10-8-15)18(22)16-6-5-14(13(2)3)12-17(16)21/h5-6,12-13,15,19,21H,4,7-11H2,1-3H3. The van der Waals surface area contributed by atoms with E-state index in [-0.39, 0.29) is 29.4 Å². The van der Waals surface area contributed by atoms with Crippen LogP contribution < -0.4 is 4.72 Å². The number of carbonyl (C=O) groups excluding carboxylic acids is 1. The van der Waals surface area contributed by atoms with E-state index in [1.165, 1.54) is 0 Å². The second-order valence-corrected chi connectivity index (χ2v) is 8.81. The summed E-state index contributed by atoms with van der Waals surface area (Å²) in [6.45, 7) is 6.84. The second kappa shape index (κ2) is 8.19. The maximum Gasteiger partial charge on any atom is 0.257 e. The molecule has 1 saturated heterocycles. The van der Waals surface area contributed by atoms with Crippen molar-refractivity contribution in [2.24, 2.45) is 0 Å². The molecular weight excluding hydrogens is 340 g/mol. The van der Waals surface area contributed by atoms with Crippen LogP contribution in [0.3, 0.4) is 0 Å².